The van der Waals surface area contributed by atoms with Crippen LogP contribution >= 0.6 is 0 Å². The molecule has 0 saturated heterocycles. The van der Waals surface area contributed by atoms with Crippen molar-refractivity contribution >= 4 is 13.3 Å². The Hall–Kier alpha value is 1.03. The van der Waals surface area contributed by atoms with Crippen LogP contribution in [0.4, 0.5) is 0 Å². The van der Waals surface area contributed by atoms with Gasteiger partial charge >= 0.3 is 26.2 Å². The zero-order valence-corrected chi connectivity index (χ0v) is 15.2. The Morgan fingerprint density at radius 2 is 1.62 bits per heavy atom. The second-order valence-electron chi connectivity index (χ2n) is 5.25. The molecular weight excluding hydrogens is 334 g/mol. The van der Waals surface area contributed by atoms with E-state index in [1.165, 1.54) is 25.7 Å². The molecule has 0 bridgehead atoms. The van der Waals surface area contributed by atoms with Gasteiger partial charge in [-0.1, -0.05) is 45.3 Å². The van der Waals surface area contributed by atoms with Gasteiger partial charge < -0.3 is 24.8 Å². The van der Waals surface area contributed by atoms with Crippen LogP contribution in [0.25, 0.3) is 0 Å². The molecule has 2 rings (SSSR count). The fourth-order valence-corrected chi connectivity index (χ4v) is 3.35. The van der Waals surface area contributed by atoms with E-state index in [-0.39, 0.29) is 51.0 Å². The molecule has 1 radical (unpaired) electrons. The molecule has 1 aliphatic rings. The first-order valence-corrected chi connectivity index (χ1v) is 8.86. The first-order chi connectivity index (χ1) is 6.07. The van der Waals surface area contributed by atoms with Crippen molar-refractivity contribution in [3.63, 3.8) is 0 Å². The van der Waals surface area contributed by atoms with E-state index in [4.69, 9.17) is 0 Å². The molecular formula is C12H19Cl2SiZr. The van der Waals surface area contributed by atoms with Gasteiger partial charge in [-0.2, -0.15) is 22.4 Å². The van der Waals surface area contributed by atoms with Crippen molar-refractivity contribution in [1.82, 2.24) is 0 Å². The van der Waals surface area contributed by atoms with E-state index in [0.29, 0.717) is 0 Å². The first-order valence-electron chi connectivity index (χ1n) is 5.36. The normalized spacial score (nSPS) is 13.9. The summed E-state index contributed by atoms with van der Waals surface area (Å²) in [5, 5.41) is 1.67. The van der Waals surface area contributed by atoms with Crippen LogP contribution in [0.1, 0.15) is 24.0 Å². The van der Waals surface area contributed by atoms with Crippen molar-refractivity contribution in [2.75, 3.05) is 0 Å². The van der Waals surface area contributed by atoms with Crippen LogP contribution < -0.4 is 30.0 Å². The number of rotatable bonds is 1. The molecule has 1 aromatic rings. The van der Waals surface area contributed by atoms with Crippen LogP contribution in [0.5, 0.6) is 0 Å². The Morgan fingerprint density at radius 1 is 1.06 bits per heavy atom. The second kappa shape index (κ2) is 7.46. The van der Waals surface area contributed by atoms with Gasteiger partial charge in [0.05, 0.1) is 8.07 Å². The van der Waals surface area contributed by atoms with Gasteiger partial charge in [-0.15, -0.1) is 0 Å². The molecule has 0 heterocycles. The minimum Gasteiger partial charge on any atom is -1.00 e. The largest absolute Gasteiger partial charge is 3.00 e. The third kappa shape index (κ3) is 4.37. The van der Waals surface area contributed by atoms with Crippen LogP contribution in [0.15, 0.2) is 12.1 Å². The monoisotopic (exact) mass is 351 g/mol. The zero-order valence-electron chi connectivity index (χ0n) is 10.2. The standard InChI is InChI=1S/C12H19Si.2ClH.Zr/c1-13(2,3)12-8-10-6-4-5-7-11(10)9-12;;;/h8-9H,4-7H2,1-3H3;2*1H;/q-1;;;+3/p-2. The fourth-order valence-electron chi connectivity index (χ4n) is 2.13. The molecule has 0 fully saturated rings. The van der Waals surface area contributed by atoms with Gasteiger partial charge in [-0.25, -0.2) is 6.07 Å². The molecule has 0 N–H and O–H groups in total. The van der Waals surface area contributed by atoms with Crippen molar-refractivity contribution in [3.8, 4) is 0 Å². The van der Waals surface area contributed by atoms with Crippen molar-refractivity contribution in [3.05, 3.63) is 23.3 Å². The number of halogens is 2. The predicted octanol–water partition coefficient (Wildman–Crippen LogP) is -3.16. The quantitative estimate of drug-likeness (QED) is 0.369. The van der Waals surface area contributed by atoms with Crippen LogP contribution in [-0.2, 0) is 39.0 Å². The van der Waals surface area contributed by atoms with Gasteiger partial charge in [0.1, 0.15) is 0 Å². The number of hydrogen-bond acceptors (Lipinski definition) is 0. The van der Waals surface area contributed by atoms with Gasteiger partial charge in [0.25, 0.3) is 0 Å². The summed E-state index contributed by atoms with van der Waals surface area (Å²) < 4.78 is 0. The summed E-state index contributed by atoms with van der Waals surface area (Å²) in [6, 6.07) is 4.97. The van der Waals surface area contributed by atoms with E-state index in [9.17, 15) is 0 Å². The Bertz CT molecular complexity index is 292. The molecule has 1 aromatic carbocycles. The SMILES string of the molecule is C[Si](C)(C)c1cc2c([cH-]1)CCCC2.[Cl-].[Cl-].[Zr+3]. The smallest absolute Gasteiger partial charge is 1.00 e. The molecule has 0 aromatic heterocycles. The maximum atomic E-state index is 2.49. The van der Waals surface area contributed by atoms with Crippen molar-refractivity contribution in [2.24, 2.45) is 0 Å². The van der Waals surface area contributed by atoms with Gasteiger partial charge in [0, 0.05) is 0 Å². The van der Waals surface area contributed by atoms with E-state index in [1.54, 1.807) is 16.3 Å². The summed E-state index contributed by atoms with van der Waals surface area (Å²) in [6.07, 6.45) is 5.48. The Morgan fingerprint density at radius 3 is 2.12 bits per heavy atom. The molecule has 4 heteroatoms. The number of hydrogen-bond donors (Lipinski definition) is 0. The van der Waals surface area contributed by atoms with E-state index >= 15 is 0 Å². The molecule has 0 nitrogen and oxygen atoms in total. The Labute approximate surface area is 132 Å². The maximum Gasteiger partial charge on any atom is 3.00 e. The van der Waals surface area contributed by atoms with Crippen LogP contribution in [0.2, 0.25) is 19.6 Å². The van der Waals surface area contributed by atoms with E-state index in [0.717, 1.165) is 0 Å². The maximum absolute atomic E-state index is 2.49. The molecule has 16 heavy (non-hydrogen) atoms. The van der Waals surface area contributed by atoms with Crippen molar-refractivity contribution in [2.45, 2.75) is 45.3 Å². The summed E-state index contributed by atoms with van der Waals surface area (Å²) in [5.41, 5.74) is 3.31. The summed E-state index contributed by atoms with van der Waals surface area (Å²) in [7, 11) is -1.05. The Kier molecular flexibility index (Phi) is 9.03. The molecule has 0 aliphatic heterocycles. The summed E-state index contributed by atoms with van der Waals surface area (Å²) >= 11 is 0. The number of aryl methyl sites for hydroxylation is 2. The van der Waals surface area contributed by atoms with Crippen LogP contribution in [0, 0.1) is 0 Å². The molecule has 0 unspecified atom stereocenters. The summed E-state index contributed by atoms with van der Waals surface area (Å²) in [5.74, 6) is 0. The van der Waals surface area contributed by atoms with Gasteiger partial charge in [0.2, 0.25) is 0 Å². The average molecular weight is 353 g/mol. The van der Waals surface area contributed by atoms with Crippen molar-refractivity contribution in [1.29, 1.82) is 0 Å². The molecule has 0 saturated carbocycles. The van der Waals surface area contributed by atoms with Gasteiger partial charge in [0.15, 0.2) is 0 Å². The summed E-state index contributed by atoms with van der Waals surface area (Å²) in [4.78, 5) is 0. The van der Waals surface area contributed by atoms with Crippen LogP contribution in [0.3, 0.4) is 0 Å². The molecule has 1 aliphatic carbocycles. The third-order valence-electron chi connectivity index (χ3n) is 3.08. The second-order valence-corrected chi connectivity index (χ2v) is 10.3. The van der Waals surface area contributed by atoms with E-state index < -0.39 is 8.07 Å². The predicted molar refractivity (Wildman–Crippen MR) is 61.7 cm³/mol. The fraction of sp³-hybridized carbons (Fsp3) is 0.583. The topological polar surface area (TPSA) is 0 Å². The van der Waals surface area contributed by atoms with E-state index in [2.05, 4.69) is 31.8 Å². The minimum absolute atomic E-state index is 0. The number of fused-ring (bicyclic) bond motifs is 1. The van der Waals surface area contributed by atoms with Crippen LogP contribution in [-0.4, -0.2) is 8.07 Å². The van der Waals surface area contributed by atoms with Gasteiger partial charge in [-0.05, 0) is 0 Å². The first kappa shape index (κ1) is 19.4. The average Bonchev–Trinajstić information content (AvgIpc) is 2.45. The molecule has 0 atom stereocenters. The van der Waals surface area contributed by atoms with Gasteiger partial charge in [-0.3, -0.25) is 0 Å². The Balaban J connectivity index is 0. The minimum atomic E-state index is -1.05. The molecule has 89 valence electrons. The zero-order chi connectivity index (χ0) is 9.47. The third-order valence-corrected chi connectivity index (χ3v) is 5.10. The van der Waals surface area contributed by atoms with E-state index in [1.807, 2.05) is 0 Å². The molecule has 0 amide bonds. The van der Waals surface area contributed by atoms with Crippen molar-refractivity contribution < 1.29 is 51.0 Å². The molecule has 0 spiro atoms. The summed E-state index contributed by atoms with van der Waals surface area (Å²) in [6.45, 7) is 7.31.